The molecule has 2 N–H and O–H groups in total. The standard InChI is InChI=1S/C15H26N4O/c1-11-12(2)17-13(3)18-15(11)16-9-14(20)10-19-7-5-4-6-8-19/h14,20H,4-10H2,1-3H3,(H,16,17,18)/t14-/m0/s1. The van der Waals surface area contributed by atoms with Crippen molar-refractivity contribution in [3.8, 4) is 0 Å². The predicted molar refractivity (Wildman–Crippen MR) is 81.0 cm³/mol. The van der Waals surface area contributed by atoms with Crippen LogP contribution in [-0.2, 0) is 0 Å². The number of nitrogens with zero attached hydrogens (tertiary/aromatic N) is 3. The number of aromatic nitrogens is 2. The molecule has 1 atom stereocenters. The Morgan fingerprint density at radius 2 is 1.85 bits per heavy atom. The molecular weight excluding hydrogens is 252 g/mol. The number of aliphatic hydroxyl groups is 1. The number of anilines is 1. The summed E-state index contributed by atoms with van der Waals surface area (Å²) < 4.78 is 0. The van der Waals surface area contributed by atoms with Crippen molar-refractivity contribution in [3.05, 3.63) is 17.1 Å². The molecule has 1 fully saturated rings. The number of hydrogen-bond donors (Lipinski definition) is 2. The highest BCUT2D eigenvalue weighted by Crippen LogP contribution is 2.14. The summed E-state index contributed by atoms with van der Waals surface area (Å²) in [4.78, 5) is 11.1. The molecule has 1 saturated heterocycles. The van der Waals surface area contributed by atoms with Crippen LogP contribution in [0.15, 0.2) is 0 Å². The van der Waals surface area contributed by atoms with E-state index in [-0.39, 0.29) is 6.10 Å². The number of aryl methyl sites for hydroxylation is 2. The lowest BCUT2D eigenvalue weighted by Crippen LogP contribution is -2.39. The maximum absolute atomic E-state index is 10.1. The van der Waals surface area contributed by atoms with Gasteiger partial charge in [-0.3, -0.25) is 0 Å². The summed E-state index contributed by atoms with van der Waals surface area (Å²) in [6.07, 6.45) is 3.47. The molecule has 2 rings (SSSR count). The van der Waals surface area contributed by atoms with E-state index in [2.05, 4.69) is 20.2 Å². The summed E-state index contributed by atoms with van der Waals surface area (Å²) in [7, 11) is 0. The maximum atomic E-state index is 10.1. The Bertz CT molecular complexity index is 444. The molecule has 20 heavy (non-hydrogen) atoms. The lowest BCUT2D eigenvalue weighted by atomic mass is 10.1. The van der Waals surface area contributed by atoms with E-state index in [1.165, 1.54) is 19.3 Å². The molecule has 0 radical (unpaired) electrons. The van der Waals surface area contributed by atoms with Crippen molar-refractivity contribution in [2.75, 3.05) is 31.5 Å². The minimum atomic E-state index is -0.358. The van der Waals surface area contributed by atoms with Gasteiger partial charge in [0.05, 0.1) is 6.10 Å². The SMILES string of the molecule is Cc1nc(C)c(C)c(NC[C@H](O)CN2CCCCC2)n1. The van der Waals surface area contributed by atoms with Gasteiger partial charge >= 0.3 is 0 Å². The molecule has 0 bridgehead atoms. The fraction of sp³-hybridized carbons (Fsp3) is 0.733. The molecule has 112 valence electrons. The van der Waals surface area contributed by atoms with Crippen LogP contribution in [0.5, 0.6) is 0 Å². The Balaban J connectivity index is 1.85. The number of nitrogens with one attached hydrogen (secondary N) is 1. The van der Waals surface area contributed by atoms with Crippen molar-refractivity contribution in [1.29, 1.82) is 0 Å². The molecule has 1 aromatic rings. The van der Waals surface area contributed by atoms with Gasteiger partial charge in [0.25, 0.3) is 0 Å². The van der Waals surface area contributed by atoms with Gasteiger partial charge in [0.1, 0.15) is 11.6 Å². The van der Waals surface area contributed by atoms with Gasteiger partial charge in [0.2, 0.25) is 0 Å². The van der Waals surface area contributed by atoms with Crippen LogP contribution in [0.3, 0.4) is 0 Å². The Labute approximate surface area is 121 Å². The van der Waals surface area contributed by atoms with Crippen LogP contribution in [0.1, 0.15) is 36.3 Å². The van der Waals surface area contributed by atoms with Crippen LogP contribution < -0.4 is 5.32 Å². The highest BCUT2D eigenvalue weighted by molar-refractivity contribution is 5.45. The van der Waals surface area contributed by atoms with Crippen LogP contribution in [0, 0.1) is 20.8 Å². The van der Waals surface area contributed by atoms with Gasteiger partial charge in [-0.1, -0.05) is 6.42 Å². The molecule has 0 saturated carbocycles. The molecule has 0 spiro atoms. The second kappa shape index (κ2) is 6.99. The summed E-state index contributed by atoms with van der Waals surface area (Å²) >= 11 is 0. The van der Waals surface area contributed by atoms with E-state index in [0.717, 1.165) is 42.5 Å². The third-order valence-electron chi connectivity index (χ3n) is 3.92. The first-order valence-corrected chi connectivity index (χ1v) is 7.52. The molecule has 2 heterocycles. The number of likely N-dealkylation sites (tertiary alicyclic amines) is 1. The minimum Gasteiger partial charge on any atom is -0.390 e. The smallest absolute Gasteiger partial charge is 0.132 e. The van der Waals surface area contributed by atoms with Crippen LogP contribution in [0.2, 0.25) is 0 Å². The molecule has 0 unspecified atom stereocenters. The number of rotatable bonds is 5. The number of piperidine rings is 1. The van der Waals surface area contributed by atoms with Gasteiger partial charge in [-0.15, -0.1) is 0 Å². The number of β-amino-alcohol motifs (C(OH)–C–C–N with tert-alkyl or cyclic N) is 1. The van der Waals surface area contributed by atoms with Crippen molar-refractivity contribution in [2.45, 2.75) is 46.1 Å². The maximum Gasteiger partial charge on any atom is 0.132 e. The van der Waals surface area contributed by atoms with E-state index in [1.807, 2.05) is 20.8 Å². The lowest BCUT2D eigenvalue weighted by molar-refractivity contribution is 0.109. The molecule has 0 aliphatic carbocycles. The third kappa shape index (κ3) is 4.15. The molecule has 5 heteroatoms. The molecular formula is C15H26N4O. The number of hydrogen-bond acceptors (Lipinski definition) is 5. The zero-order chi connectivity index (χ0) is 14.5. The van der Waals surface area contributed by atoms with Crippen LogP contribution in [0.4, 0.5) is 5.82 Å². The van der Waals surface area contributed by atoms with Gasteiger partial charge in [0, 0.05) is 24.3 Å². The average molecular weight is 278 g/mol. The zero-order valence-electron chi connectivity index (χ0n) is 12.8. The summed E-state index contributed by atoms with van der Waals surface area (Å²) in [6, 6.07) is 0. The molecule has 1 aliphatic rings. The van der Waals surface area contributed by atoms with Crippen molar-refractivity contribution >= 4 is 5.82 Å². The monoisotopic (exact) mass is 278 g/mol. The van der Waals surface area contributed by atoms with E-state index in [4.69, 9.17) is 0 Å². The average Bonchev–Trinajstić information content (AvgIpc) is 2.42. The van der Waals surface area contributed by atoms with Gasteiger partial charge in [-0.2, -0.15) is 0 Å². The lowest BCUT2D eigenvalue weighted by Gasteiger charge is -2.28. The number of aliphatic hydroxyl groups excluding tert-OH is 1. The zero-order valence-corrected chi connectivity index (χ0v) is 12.8. The molecule has 0 aromatic carbocycles. The predicted octanol–water partition coefficient (Wildman–Crippen LogP) is 1.66. The molecule has 1 aliphatic heterocycles. The van der Waals surface area contributed by atoms with Gasteiger partial charge in [0.15, 0.2) is 0 Å². The van der Waals surface area contributed by atoms with E-state index in [1.54, 1.807) is 0 Å². The normalized spacial score (nSPS) is 18.0. The van der Waals surface area contributed by atoms with Gasteiger partial charge in [-0.05, 0) is 46.7 Å². The van der Waals surface area contributed by atoms with Gasteiger partial charge in [-0.25, -0.2) is 9.97 Å². The Hall–Kier alpha value is -1.20. The highest BCUT2D eigenvalue weighted by Gasteiger charge is 2.15. The molecule has 5 nitrogen and oxygen atoms in total. The van der Waals surface area contributed by atoms with Crippen LogP contribution >= 0.6 is 0 Å². The summed E-state index contributed by atoms with van der Waals surface area (Å²) in [5.74, 6) is 1.61. The quantitative estimate of drug-likeness (QED) is 0.858. The Morgan fingerprint density at radius 3 is 2.55 bits per heavy atom. The summed E-state index contributed by atoms with van der Waals surface area (Å²) in [5.41, 5.74) is 2.05. The first kappa shape index (κ1) is 15.2. The minimum absolute atomic E-state index is 0.358. The van der Waals surface area contributed by atoms with E-state index < -0.39 is 0 Å². The first-order valence-electron chi connectivity index (χ1n) is 7.52. The van der Waals surface area contributed by atoms with E-state index in [9.17, 15) is 5.11 Å². The van der Waals surface area contributed by atoms with E-state index >= 15 is 0 Å². The van der Waals surface area contributed by atoms with Gasteiger partial charge < -0.3 is 15.3 Å². The van der Waals surface area contributed by atoms with Crippen LogP contribution in [0.25, 0.3) is 0 Å². The fourth-order valence-corrected chi connectivity index (χ4v) is 2.66. The van der Waals surface area contributed by atoms with Crippen molar-refractivity contribution in [1.82, 2.24) is 14.9 Å². The largest absolute Gasteiger partial charge is 0.390 e. The fourth-order valence-electron chi connectivity index (χ4n) is 2.66. The molecule has 0 amide bonds. The Kier molecular flexibility index (Phi) is 5.31. The second-order valence-corrected chi connectivity index (χ2v) is 5.73. The molecule has 1 aromatic heterocycles. The topological polar surface area (TPSA) is 61.3 Å². The van der Waals surface area contributed by atoms with Crippen molar-refractivity contribution in [3.63, 3.8) is 0 Å². The summed E-state index contributed by atoms with van der Waals surface area (Å²) in [5, 5.41) is 13.4. The third-order valence-corrected chi connectivity index (χ3v) is 3.92. The van der Waals surface area contributed by atoms with Crippen LogP contribution in [-0.4, -0.2) is 52.3 Å². The van der Waals surface area contributed by atoms with E-state index in [0.29, 0.717) is 6.54 Å². The first-order chi connectivity index (χ1) is 9.56. The van der Waals surface area contributed by atoms with Crippen molar-refractivity contribution in [2.24, 2.45) is 0 Å². The Morgan fingerprint density at radius 1 is 1.15 bits per heavy atom. The highest BCUT2D eigenvalue weighted by atomic mass is 16.3. The van der Waals surface area contributed by atoms with Crippen molar-refractivity contribution < 1.29 is 5.11 Å². The summed E-state index contributed by atoms with van der Waals surface area (Å²) in [6.45, 7) is 9.39. The second-order valence-electron chi connectivity index (χ2n) is 5.73.